The summed E-state index contributed by atoms with van der Waals surface area (Å²) in [6.45, 7) is 1.92. The average Bonchev–Trinajstić information content (AvgIpc) is 3.01. The molecular weight excluding hydrogens is 381 g/mol. The molecule has 0 saturated carbocycles. The van der Waals surface area contributed by atoms with E-state index in [1.165, 1.54) is 16.9 Å². The average molecular weight is 395 g/mol. The summed E-state index contributed by atoms with van der Waals surface area (Å²) < 4.78 is 39.2. The van der Waals surface area contributed by atoms with Crippen LogP contribution in [0.3, 0.4) is 0 Å². The van der Waals surface area contributed by atoms with Gasteiger partial charge in [-0.25, -0.2) is 9.67 Å². The molecule has 0 spiro atoms. The first-order valence-corrected chi connectivity index (χ1v) is 8.24. The number of benzene rings is 1. The minimum absolute atomic E-state index is 0.189. The lowest BCUT2D eigenvalue weighted by Gasteiger charge is -2.08. The third kappa shape index (κ3) is 4.28. The fourth-order valence-corrected chi connectivity index (χ4v) is 2.68. The first kappa shape index (κ1) is 18.9. The second kappa shape index (κ2) is 7.40. The number of halogens is 4. The molecule has 0 aliphatic rings. The third-order valence-corrected chi connectivity index (χ3v) is 4.12. The summed E-state index contributed by atoms with van der Waals surface area (Å²) in [6, 6.07) is 9.21. The minimum atomic E-state index is -4.46. The fraction of sp³-hybridized carbons (Fsp3) is 0.167. The van der Waals surface area contributed by atoms with E-state index in [9.17, 15) is 18.0 Å². The summed E-state index contributed by atoms with van der Waals surface area (Å²) in [5.74, 6) is -0.167. The lowest BCUT2D eigenvalue weighted by Crippen LogP contribution is -2.23. The number of rotatable bonds is 4. The van der Waals surface area contributed by atoms with Crippen molar-refractivity contribution in [1.82, 2.24) is 20.1 Å². The van der Waals surface area contributed by atoms with Crippen molar-refractivity contribution in [1.29, 1.82) is 0 Å². The summed E-state index contributed by atoms with van der Waals surface area (Å²) in [5, 5.41) is 7.38. The molecule has 0 fully saturated rings. The zero-order valence-electron chi connectivity index (χ0n) is 14.1. The summed E-state index contributed by atoms with van der Waals surface area (Å²) >= 11 is 5.91. The van der Waals surface area contributed by atoms with Gasteiger partial charge >= 0.3 is 6.18 Å². The molecule has 0 bridgehead atoms. The SMILES string of the molecule is Cc1c(C(=O)NCc2cccc(Cl)c2)cnn1-c1ccc(C(F)(F)F)cn1. The van der Waals surface area contributed by atoms with Gasteiger partial charge in [0.05, 0.1) is 23.0 Å². The van der Waals surface area contributed by atoms with Crippen molar-refractivity contribution in [3.63, 3.8) is 0 Å². The zero-order chi connectivity index (χ0) is 19.6. The third-order valence-electron chi connectivity index (χ3n) is 3.89. The molecule has 9 heteroatoms. The topological polar surface area (TPSA) is 59.8 Å². The second-order valence-electron chi connectivity index (χ2n) is 5.77. The van der Waals surface area contributed by atoms with Crippen molar-refractivity contribution in [2.24, 2.45) is 0 Å². The highest BCUT2D eigenvalue weighted by molar-refractivity contribution is 6.30. The number of carbonyl (C=O) groups is 1. The van der Waals surface area contributed by atoms with E-state index in [0.717, 1.165) is 17.8 Å². The smallest absolute Gasteiger partial charge is 0.348 e. The van der Waals surface area contributed by atoms with E-state index >= 15 is 0 Å². The summed E-state index contributed by atoms with van der Waals surface area (Å²) in [4.78, 5) is 16.2. The van der Waals surface area contributed by atoms with Gasteiger partial charge in [0.2, 0.25) is 0 Å². The number of amides is 1. The van der Waals surface area contributed by atoms with E-state index < -0.39 is 11.7 Å². The van der Waals surface area contributed by atoms with E-state index in [0.29, 0.717) is 16.3 Å². The Bertz CT molecular complexity index is 967. The van der Waals surface area contributed by atoms with Crippen LogP contribution in [0.15, 0.2) is 48.8 Å². The van der Waals surface area contributed by atoms with Crippen LogP contribution in [0.5, 0.6) is 0 Å². The molecule has 2 heterocycles. The van der Waals surface area contributed by atoms with Gasteiger partial charge < -0.3 is 5.32 Å². The van der Waals surface area contributed by atoms with Crippen LogP contribution >= 0.6 is 11.6 Å². The molecule has 1 N–H and O–H groups in total. The molecule has 3 rings (SSSR count). The molecule has 27 heavy (non-hydrogen) atoms. The molecule has 0 aliphatic carbocycles. The number of nitrogens with zero attached hydrogens (tertiary/aromatic N) is 3. The minimum Gasteiger partial charge on any atom is -0.348 e. The number of carbonyl (C=O) groups excluding carboxylic acids is 1. The standard InChI is InChI=1S/C18H14ClF3N4O/c1-11-15(17(27)24-8-12-3-2-4-14(19)7-12)10-25-26(11)16-6-5-13(9-23-16)18(20,21)22/h2-7,9-10H,8H2,1H3,(H,24,27). The predicted octanol–water partition coefficient (Wildman–Crippen LogP) is 4.18. The molecule has 0 radical (unpaired) electrons. The van der Waals surface area contributed by atoms with Crippen LogP contribution in [0.25, 0.3) is 5.82 Å². The van der Waals surface area contributed by atoms with E-state index in [-0.39, 0.29) is 18.3 Å². The van der Waals surface area contributed by atoms with Gasteiger partial charge in [0.15, 0.2) is 5.82 Å². The summed E-state index contributed by atoms with van der Waals surface area (Å²) in [7, 11) is 0. The van der Waals surface area contributed by atoms with Crippen molar-refractivity contribution >= 4 is 17.5 Å². The first-order chi connectivity index (χ1) is 12.8. The Hall–Kier alpha value is -2.87. The van der Waals surface area contributed by atoms with E-state index in [1.54, 1.807) is 25.1 Å². The van der Waals surface area contributed by atoms with Crippen molar-refractivity contribution in [2.45, 2.75) is 19.6 Å². The van der Waals surface area contributed by atoms with Crippen LogP contribution in [0.2, 0.25) is 5.02 Å². The molecule has 0 unspecified atom stereocenters. The van der Waals surface area contributed by atoms with Gasteiger partial charge in [-0.2, -0.15) is 18.3 Å². The number of aromatic nitrogens is 3. The highest BCUT2D eigenvalue weighted by atomic mass is 35.5. The van der Waals surface area contributed by atoms with Crippen molar-refractivity contribution in [3.8, 4) is 5.82 Å². The molecule has 3 aromatic rings. The molecule has 5 nitrogen and oxygen atoms in total. The molecule has 140 valence electrons. The number of hydrogen-bond acceptors (Lipinski definition) is 3. The van der Waals surface area contributed by atoms with E-state index in [4.69, 9.17) is 11.6 Å². The van der Waals surface area contributed by atoms with Crippen molar-refractivity contribution in [2.75, 3.05) is 0 Å². The Morgan fingerprint density at radius 3 is 2.63 bits per heavy atom. The normalized spacial score (nSPS) is 11.4. The van der Waals surface area contributed by atoms with E-state index in [1.807, 2.05) is 6.07 Å². The Labute approximate surface area is 157 Å². The van der Waals surface area contributed by atoms with Gasteiger partial charge in [0.1, 0.15) is 0 Å². The fourth-order valence-electron chi connectivity index (χ4n) is 2.47. The number of pyridine rings is 1. The van der Waals surface area contributed by atoms with Crippen LogP contribution < -0.4 is 5.32 Å². The quantitative estimate of drug-likeness (QED) is 0.722. The Morgan fingerprint density at radius 1 is 1.22 bits per heavy atom. The number of alkyl halides is 3. The molecule has 2 aromatic heterocycles. The lowest BCUT2D eigenvalue weighted by atomic mass is 10.2. The summed E-state index contributed by atoms with van der Waals surface area (Å²) in [5.41, 5.74) is 0.755. The van der Waals surface area contributed by atoms with Crippen molar-refractivity contribution < 1.29 is 18.0 Å². The van der Waals surface area contributed by atoms with Crippen LogP contribution in [0, 0.1) is 6.92 Å². The molecule has 1 aromatic carbocycles. The van der Waals surface area contributed by atoms with Crippen LogP contribution in [0.4, 0.5) is 13.2 Å². The van der Waals surface area contributed by atoms with Crippen LogP contribution in [-0.4, -0.2) is 20.7 Å². The Morgan fingerprint density at radius 2 is 2.00 bits per heavy atom. The summed E-state index contributed by atoms with van der Waals surface area (Å²) in [6.07, 6.45) is -2.38. The highest BCUT2D eigenvalue weighted by Gasteiger charge is 2.30. The predicted molar refractivity (Wildman–Crippen MR) is 93.7 cm³/mol. The van der Waals surface area contributed by atoms with E-state index in [2.05, 4.69) is 15.4 Å². The molecule has 0 atom stereocenters. The second-order valence-corrected chi connectivity index (χ2v) is 6.21. The van der Waals surface area contributed by atoms with Gasteiger partial charge in [-0.3, -0.25) is 4.79 Å². The molecule has 0 aliphatic heterocycles. The van der Waals surface area contributed by atoms with Gasteiger partial charge in [-0.15, -0.1) is 0 Å². The number of hydrogen-bond donors (Lipinski definition) is 1. The molecule has 1 amide bonds. The van der Waals surface area contributed by atoms with Gasteiger partial charge in [0.25, 0.3) is 5.91 Å². The maximum Gasteiger partial charge on any atom is 0.417 e. The van der Waals surface area contributed by atoms with Crippen molar-refractivity contribution in [3.05, 3.63) is 76.2 Å². The molecule has 0 saturated heterocycles. The van der Waals surface area contributed by atoms with Gasteiger partial charge in [-0.05, 0) is 36.8 Å². The largest absolute Gasteiger partial charge is 0.417 e. The first-order valence-electron chi connectivity index (χ1n) is 7.86. The Kier molecular flexibility index (Phi) is 5.18. The number of nitrogens with one attached hydrogen (secondary N) is 1. The maximum atomic E-state index is 12.6. The lowest BCUT2D eigenvalue weighted by molar-refractivity contribution is -0.137. The Balaban J connectivity index is 1.75. The van der Waals surface area contributed by atoms with Crippen LogP contribution in [-0.2, 0) is 12.7 Å². The van der Waals surface area contributed by atoms with Gasteiger partial charge in [-0.1, -0.05) is 23.7 Å². The maximum absolute atomic E-state index is 12.6. The van der Waals surface area contributed by atoms with Gasteiger partial charge in [0, 0.05) is 17.8 Å². The molecular formula is C18H14ClF3N4O. The van der Waals surface area contributed by atoms with Crippen LogP contribution in [0.1, 0.15) is 27.2 Å². The monoisotopic (exact) mass is 394 g/mol. The zero-order valence-corrected chi connectivity index (χ0v) is 14.8. The highest BCUT2D eigenvalue weighted by Crippen LogP contribution is 2.28.